The van der Waals surface area contributed by atoms with Gasteiger partial charge < -0.3 is 9.05 Å². The molecule has 110 valence electrons. The van der Waals surface area contributed by atoms with Crippen molar-refractivity contribution in [1.82, 2.24) is 0 Å². The highest BCUT2D eigenvalue weighted by molar-refractivity contribution is 8.67. The van der Waals surface area contributed by atoms with Crippen molar-refractivity contribution in [2.75, 3.05) is 5.75 Å². The first-order chi connectivity index (χ1) is 8.39. The topological polar surface area (TPSA) is 18.5 Å². The third-order valence-corrected chi connectivity index (χ3v) is 7.80. The first kappa shape index (κ1) is 18.9. The molecule has 0 N–H and O–H groups in total. The van der Waals surface area contributed by atoms with E-state index in [0.29, 0.717) is 0 Å². The largest absolute Gasteiger partial charge is 0.319 e. The number of hydrogen-bond acceptors (Lipinski definition) is 4. The van der Waals surface area contributed by atoms with Gasteiger partial charge in [0.05, 0.1) is 12.2 Å². The molecule has 0 atom stereocenters. The fourth-order valence-corrected chi connectivity index (χ4v) is 7.40. The molecule has 0 fully saturated rings. The van der Waals surface area contributed by atoms with Gasteiger partial charge in [0.15, 0.2) is 0 Å². The second-order valence-electron chi connectivity index (χ2n) is 5.00. The molecule has 2 nitrogen and oxygen atoms in total. The van der Waals surface area contributed by atoms with Gasteiger partial charge in [-0.2, -0.15) is 0 Å². The Kier molecular flexibility index (Phi) is 11.2. The molecular weight excluding hydrogens is 283 g/mol. The minimum Gasteiger partial charge on any atom is -0.319 e. The van der Waals surface area contributed by atoms with Gasteiger partial charge in [0.25, 0.3) is 0 Å². The fourth-order valence-electron chi connectivity index (χ4n) is 1.48. The molecule has 0 aromatic rings. The lowest BCUT2D eigenvalue weighted by atomic mass is 10.2. The number of rotatable bonds is 11. The molecule has 0 radical (unpaired) electrons. The average molecular weight is 312 g/mol. The Morgan fingerprint density at radius 1 is 0.944 bits per heavy atom. The predicted octanol–water partition coefficient (Wildman–Crippen LogP) is 5.76. The Bertz CT molecular complexity index is 231. The van der Waals surface area contributed by atoms with E-state index < -0.39 is 5.69 Å². The Morgan fingerprint density at radius 3 is 1.89 bits per heavy atom. The molecule has 0 unspecified atom stereocenters. The molecule has 0 saturated carbocycles. The predicted molar refractivity (Wildman–Crippen MR) is 87.9 cm³/mol. The summed E-state index contributed by atoms with van der Waals surface area (Å²) in [5.41, 5.74) is -2.14. The van der Waals surface area contributed by atoms with E-state index in [0.717, 1.165) is 5.75 Å². The van der Waals surface area contributed by atoms with Gasteiger partial charge in [0.1, 0.15) is 0 Å². The van der Waals surface area contributed by atoms with E-state index in [9.17, 15) is 0 Å². The van der Waals surface area contributed by atoms with Crippen LogP contribution < -0.4 is 0 Å². The first-order valence-electron chi connectivity index (χ1n) is 7.01. The zero-order chi connectivity index (χ0) is 14.0. The van der Waals surface area contributed by atoms with Gasteiger partial charge in [-0.05, 0) is 45.9 Å². The standard InChI is InChI=1S/C13H29O2PS2/c1-6-7-8-9-10-11-18-16(17,14-12(2)3)15-13(4)5/h12-13H,6-11H2,1-5H3. The van der Waals surface area contributed by atoms with E-state index in [1.54, 1.807) is 11.4 Å². The van der Waals surface area contributed by atoms with Crippen molar-refractivity contribution < 1.29 is 9.05 Å². The minimum atomic E-state index is -2.14. The molecule has 5 heteroatoms. The molecule has 0 aliphatic rings. The van der Waals surface area contributed by atoms with E-state index in [2.05, 4.69) is 6.92 Å². The SMILES string of the molecule is CCCCCCCSP(=S)(OC(C)C)OC(C)C. The third kappa shape index (κ3) is 10.8. The summed E-state index contributed by atoms with van der Waals surface area (Å²) in [5, 5.41) is 0. The molecule has 0 aliphatic carbocycles. The highest BCUT2D eigenvalue weighted by atomic mass is 32.9. The van der Waals surface area contributed by atoms with Crippen molar-refractivity contribution in [2.45, 2.75) is 78.9 Å². The van der Waals surface area contributed by atoms with Gasteiger partial charge >= 0.3 is 0 Å². The van der Waals surface area contributed by atoms with Gasteiger partial charge in [-0.1, -0.05) is 44.0 Å². The molecule has 0 bridgehead atoms. The van der Waals surface area contributed by atoms with Gasteiger partial charge in [-0.25, -0.2) is 0 Å². The van der Waals surface area contributed by atoms with E-state index in [-0.39, 0.29) is 12.2 Å². The van der Waals surface area contributed by atoms with Crippen LogP contribution in [0.25, 0.3) is 0 Å². The second-order valence-corrected chi connectivity index (χ2v) is 11.3. The molecule has 0 saturated heterocycles. The maximum atomic E-state index is 5.84. The van der Waals surface area contributed by atoms with Gasteiger partial charge in [-0.3, -0.25) is 0 Å². The molecule has 0 aromatic carbocycles. The van der Waals surface area contributed by atoms with E-state index in [1.807, 2.05) is 27.7 Å². The van der Waals surface area contributed by atoms with Gasteiger partial charge in [-0.15, -0.1) is 0 Å². The van der Waals surface area contributed by atoms with Crippen LogP contribution in [-0.4, -0.2) is 18.0 Å². The highest BCUT2D eigenvalue weighted by Crippen LogP contribution is 2.62. The summed E-state index contributed by atoms with van der Waals surface area (Å²) < 4.78 is 11.7. The van der Waals surface area contributed by atoms with Crippen LogP contribution in [0.4, 0.5) is 0 Å². The lowest BCUT2D eigenvalue weighted by Gasteiger charge is -2.25. The van der Waals surface area contributed by atoms with E-state index in [1.165, 1.54) is 32.1 Å². The zero-order valence-electron chi connectivity index (χ0n) is 12.5. The molecular formula is C13H29O2PS2. The second kappa shape index (κ2) is 10.7. The molecule has 0 heterocycles. The van der Waals surface area contributed by atoms with Crippen LogP contribution in [0.3, 0.4) is 0 Å². The van der Waals surface area contributed by atoms with Gasteiger partial charge in [0.2, 0.25) is 5.69 Å². The maximum absolute atomic E-state index is 5.84. The van der Waals surface area contributed by atoms with Crippen molar-refractivity contribution in [3.05, 3.63) is 0 Å². The van der Waals surface area contributed by atoms with Crippen molar-refractivity contribution in [2.24, 2.45) is 0 Å². The Hall–Kier alpha value is 0.920. The lowest BCUT2D eigenvalue weighted by Crippen LogP contribution is -2.06. The Balaban J connectivity index is 3.97. The molecule has 0 amide bonds. The molecule has 0 aromatic heterocycles. The van der Waals surface area contributed by atoms with Crippen molar-refractivity contribution in [3.63, 3.8) is 0 Å². The van der Waals surface area contributed by atoms with E-state index in [4.69, 9.17) is 20.9 Å². The number of hydrogen-bond donors (Lipinski definition) is 0. The third-order valence-electron chi connectivity index (χ3n) is 2.18. The van der Waals surface area contributed by atoms with Crippen LogP contribution in [0.1, 0.15) is 66.7 Å². The summed E-state index contributed by atoms with van der Waals surface area (Å²) >= 11 is 7.30. The summed E-state index contributed by atoms with van der Waals surface area (Å²) in [7, 11) is 0. The normalized spacial score (nSPS) is 12.6. The van der Waals surface area contributed by atoms with Crippen LogP contribution in [0, 0.1) is 0 Å². The number of unbranched alkanes of at least 4 members (excludes halogenated alkanes) is 4. The molecule has 18 heavy (non-hydrogen) atoms. The van der Waals surface area contributed by atoms with Crippen molar-refractivity contribution in [1.29, 1.82) is 0 Å². The van der Waals surface area contributed by atoms with Crippen molar-refractivity contribution in [3.8, 4) is 0 Å². The average Bonchev–Trinajstić information content (AvgIpc) is 2.20. The summed E-state index contributed by atoms with van der Waals surface area (Å²) in [6.07, 6.45) is 6.74. The fraction of sp³-hybridized carbons (Fsp3) is 1.00. The molecule has 0 rings (SSSR count). The quantitative estimate of drug-likeness (QED) is 0.356. The lowest BCUT2D eigenvalue weighted by molar-refractivity contribution is 0.186. The monoisotopic (exact) mass is 312 g/mol. The molecule has 0 spiro atoms. The maximum Gasteiger partial charge on any atom is 0.247 e. The van der Waals surface area contributed by atoms with Crippen LogP contribution in [0.5, 0.6) is 0 Å². The minimum absolute atomic E-state index is 0.141. The Labute approximate surface area is 123 Å². The zero-order valence-corrected chi connectivity index (χ0v) is 15.0. The molecule has 0 aliphatic heterocycles. The smallest absolute Gasteiger partial charge is 0.247 e. The van der Waals surface area contributed by atoms with E-state index >= 15 is 0 Å². The van der Waals surface area contributed by atoms with Crippen LogP contribution in [-0.2, 0) is 20.9 Å². The summed E-state index contributed by atoms with van der Waals surface area (Å²) in [6.45, 7) is 10.3. The van der Waals surface area contributed by atoms with Crippen molar-refractivity contribution >= 4 is 28.9 Å². The summed E-state index contributed by atoms with van der Waals surface area (Å²) in [4.78, 5) is 0. The first-order valence-corrected chi connectivity index (χ1v) is 11.2. The van der Waals surface area contributed by atoms with Crippen LogP contribution in [0.15, 0.2) is 0 Å². The van der Waals surface area contributed by atoms with Crippen LogP contribution >= 0.6 is 17.1 Å². The highest BCUT2D eigenvalue weighted by Gasteiger charge is 2.22. The Morgan fingerprint density at radius 2 is 1.44 bits per heavy atom. The summed E-state index contributed by atoms with van der Waals surface area (Å²) in [5.74, 6) is 1.06. The van der Waals surface area contributed by atoms with Gasteiger partial charge in [0, 0.05) is 5.75 Å². The van der Waals surface area contributed by atoms with Crippen LogP contribution in [0.2, 0.25) is 0 Å². The summed E-state index contributed by atoms with van der Waals surface area (Å²) in [6, 6.07) is 0.